The molecule has 3 heteroatoms. The van der Waals surface area contributed by atoms with Crippen molar-refractivity contribution < 1.29 is 9.53 Å². The van der Waals surface area contributed by atoms with E-state index in [1.807, 2.05) is 0 Å². The van der Waals surface area contributed by atoms with Crippen molar-refractivity contribution in [1.82, 2.24) is 4.90 Å². The van der Waals surface area contributed by atoms with Crippen LogP contribution >= 0.6 is 0 Å². The molecule has 0 bridgehead atoms. The number of hydrogen-bond acceptors (Lipinski definition) is 3. The van der Waals surface area contributed by atoms with E-state index in [0.717, 1.165) is 6.42 Å². The van der Waals surface area contributed by atoms with Crippen LogP contribution in [0.4, 0.5) is 0 Å². The fourth-order valence-electron chi connectivity index (χ4n) is 4.77. The number of hydrogen-bond donors (Lipinski definition) is 0. The lowest BCUT2D eigenvalue weighted by atomic mass is 9.40. The highest BCUT2D eigenvalue weighted by Gasteiger charge is 2.62. The first-order chi connectivity index (χ1) is 13.1. The molecule has 0 aromatic rings. The highest BCUT2D eigenvalue weighted by Crippen LogP contribution is 2.66. The predicted octanol–water partition coefficient (Wildman–Crippen LogP) is 7.36. The summed E-state index contributed by atoms with van der Waals surface area (Å²) in [6, 6.07) is 0. The Kier molecular flexibility index (Phi) is 8.71. The van der Waals surface area contributed by atoms with Gasteiger partial charge in [0.15, 0.2) is 0 Å². The van der Waals surface area contributed by atoms with E-state index in [9.17, 15) is 4.79 Å². The normalized spacial score (nSPS) is 14.8. The van der Waals surface area contributed by atoms with Gasteiger partial charge in [-0.1, -0.05) is 89.2 Å². The minimum absolute atomic E-state index is 0.0160. The van der Waals surface area contributed by atoms with Gasteiger partial charge >= 0.3 is 5.97 Å². The number of carbonyl (C=O) groups excluding carboxylic acids is 1. The number of esters is 1. The summed E-state index contributed by atoms with van der Waals surface area (Å²) in [4.78, 5) is 14.1. The largest absolute Gasteiger partial charge is 0.461 e. The van der Waals surface area contributed by atoms with Gasteiger partial charge in [-0.3, -0.25) is 4.90 Å². The van der Waals surface area contributed by atoms with Crippen LogP contribution in [0, 0.1) is 27.1 Å². The van der Waals surface area contributed by atoms with Gasteiger partial charge in [-0.05, 0) is 54.9 Å². The molecule has 178 valence electrons. The van der Waals surface area contributed by atoms with Gasteiger partial charge in [0.25, 0.3) is 0 Å². The summed E-state index contributed by atoms with van der Waals surface area (Å²) in [7, 11) is 2.14. The van der Waals surface area contributed by atoms with Gasteiger partial charge in [-0.2, -0.15) is 0 Å². The van der Waals surface area contributed by atoms with Crippen molar-refractivity contribution in [2.24, 2.45) is 27.1 Å². The molecule has 0 amide bonds. The van der Waals surface area contributed by atoms with Crippen LogP contribution in [0.1, 0.15) is 103 Å². The maximum Gasteiger partial charge on any atom is 0.333 e. The highest BCUT2D eigenvalue weighted by molar-refractivity contribution is 5.86. The molecule has 3 nitrogen and oxygen atoms in total. The molecule has 0 atom stereocenters. The highest BCUT2D eigenvalue weighted by atomic mass is 16.5. The lowest BCUT2D eigenvalue weighted by Gasteiger charge is -2.67. The monoisotopic (exact) mass is 423 g/mol. The molecule has 0 aromatic carbocycles. The molecule has 0 N–H and O–H groups in total. The van der Waals surface area contributed by atoms with E-state index in [1.165, 1.54) is 0 Å². The van der Waals surface area contributed by atoms with E-state index in [4.69, 9.17) is 4.74 Å². The summed E-state index contributed by atoms with van der Waals surface area (Å²) in [5.41, 5.74) is 0.724. The average molecular weight is 424 g/mol. The molecule has 0 aliphatic rings. The summed E-state index contributed by atoms with van der Waals surface area (Å²) in [5, 5.41) is 0. The molecule has 0 spiro atoms. The minimum atomic E-state index is -0.314. The quantitative estimate of drug-likeness (QED) is 0.257. The Morgan fingerprint density at radius 1 is 0.800 bits per heavy atom. The average Bonchev–Trinajstić information content (AvgIpc) is 2.60. The van der Waals surface area contributed by atoms with Crippen molar-refractivity contribution in [3.63, 3.8) is 0 Å². The molecule has 0 rings (SSSR count). The molecule has 0 aromatic heterocycles. The summed E-state index contributed by atoms with van der Waals surface area (Å²) >= 11 is 0. The second-order valence-electron chi connectivity index (χ2n) is 12.6. The molecule has 0 unspecified atom stereocenters. The van der Waals surface area contributed by atoms with Crippen molar-refractivity contribution in [3.05, 3.63) is 12.2 Å². The number of rotatable bonds is 11. The molecular weight excluding hydrogens is 370 g/mol. The van der Waals surface area contributed by atoms with Crippen molar-refractivity contribution >= 4 is 5.97 Å². The van der Waals surface area contributed by atoms with E-state index in [1.54, 1.807) is 6.92 Å². The first kappa shape index (κ1) is 29.2. The molecule has 30 heavy (non-hydrogen) atoms. The van der Waals surface area contributed by atoms with Crippen LogP contribution in [-0.2, 0) is 9.53 Å². The van der Waals surface area contributed by atoms with Gasteiger partial charge in [0.05, 0.1) is 0 Å². The van der Waals surface area contributed by atoms with E-state index >= 15 is 0 Å². The molecule has 0 saturated heterocycles. The number of carbonyl (C=O) groups is 1. The topological polar surface area (TPSA) is 29.5 Å². The van der Waals surface area contributed by atoms with Gasteiger partial charge < -0.3 is 4.74 Å². The first-order valence-electron chi connectivity index (χ1n) is 11.6. The SMILES string of the molecule is C=C(C)C(=O)OCCN(C)C(C)(C)C(C)(C)C(C)(C)C(C)(C)C(C)(C)C(C)(C)CC. The van der Waals surface area contributed by atoms with Crippen molar-refractivity contribution in [1.29, 1.82) is 0 Å². The van der Waals surface area contributed by atoms with Crippen LogP contribution < -0.4 is 0 Å². The lowest BCUT2D eigenvalue weighted by Crippen LogP contribution is -2.65. The molecule has 0 radical (unpaired) electrons. The van der Waals surface area contributed by atoms with E-state index in [0.29, 0.717) is 18.7 Å². The lowest BCUT2D eigenvalue weighted by molar-refractivity contribution is -0.178. The zero-order chi connectivity index (χ0) is 24.6. The Bertz CT molecular complexity index is 621. The Balaban J connectivity index is 5.93. The summed E-state index contributed by atoms with van der Waals surface area (Å²) < 4.78 is 5.37. The van der Waals surface area contributed by atoms with Crippen LogP contribution in [0.2, 0.25) is 0 Å². The van der Waals surface area contributed by atoms with Crippen molar-refractivity contribution in [2.45, 2.75) is 109 Å². The summed E-state index contributed by atoms with van der Waals surface area (Å²) in [5.74, 6) is -0.314. The van der Waals surface area contributed by atoms with Crippen LogP contribution in [0.3, 0.4) is 0 Å². The van der Waals surface area contributed by atoms with E-state index in [2.05, 4.69) is 109 Å². The van der Waals surface area contributed by atoms with Crippen LogP contribution in [0.15, 0.2) is 12.2 Å². The second-order valence-corrected chi connectivity index (χ2v) is 12.6. The van der Waals surface area contributed by atoms with Crippen LogP contribution in [0.5, 0.6) is 0 Å². The molecular formula is C27H53NO2. The number of nitrogens with zero attached hydrogens (tertiary/aromatic N) is 1. The summed E-state index contributed by atoms with van der Waals surface area (Å²) in [6.45, 7) is 37.7. The zero-order valence-electron chi connectivity index (χ0n) is 23.1. The third-order valence-electron chi connectivity index (χ3n) is 10.8. The predicted molar refractivity (Wildman–Crippen MR) is 132 cm³/mol. The van der Waals surface area contributed by atoms with Crippen molar-refractivity contribution in [2.75, 3.05) is 20.2 Å². The number of likely N-dealkylation sites (N-methyl/N-ethyl adjacent to an activating group) is 1. The molecule has 0 aliphatic heterocycles. The number of ether oxygens (including phenoxy) is 1. The standard InChI is InChI=1S/C27H53NO2/c1-17-22(4,5)23(6,7)24(8,9)25(10,11)26(12,13)27(14,15)28(16)18-19-30-21(29)20(2)3/h2,17-19H2,1,3-16H3. The third-order valence-corrected chi connectivity index (χ3v) is 10.8. The van der Waals surface area contributed by atoms with Gasteiger partial charge in [0.1, 0.15) is 6.61 Å². The van der Waals surface area contributed by atoms with Gasteiger partial charge in [0.2, 0.25) is 0 Å². The zero-order valence-corrected chi connectivity index (χ0v) is 23.1. The Labute approximate surface area is 189 Å². The maximum absolute atomic E-state index is 11.8. The molecule has 0 aliphatic carbocycles. The minimum Gasteiger partial charge on any atom is -0.461 e. The van der Waals surface area contributed by atoms with Crippen LogP contribution in [-0.4, -0.2) is 36.6 Å². The van der Waals surface area contributed by atoms with Gasteiger partial charge in [-0.15, -0.1) is 0 Å². The second kappa shape index (κ2) is 8.96. The van der Waals surface area contributed by atoms with Gasteiger partial charge in [0, 0.05) is 17.7 Å². The van der Waals surface area contributed by atoms with Gasteiger partial charge in [-0.25, -0.2) is 4.79 Å². The van der Waals surface area contributed by atoms with Crippen molar-refractivity contribution in [3.8, 4) is 0 Å². The third kappa shape index (κ3) is 4.66. The molecule has 0 fully saturated rings. The summed E-state index contributed by atoms with van der Waals surface area (Å²) in [6.07, 6.45) is 1.15. The smallest absolute Gasteiger partial charge is 0.333 e. The Morgan fingerprint density at radius 3 is 1.57 bits per heavy atom. The fraction of sp³-hybridized carbons (Fsp3) is 0.889. The Hall–Kier alpha value is -0.830. The maximum atomic E-state index is 11.8. The molecule has 0 saturated carbocycles. The fourth-order valence-corrected chi connectivity index (χ4v) is 4.77. The first-order valence-corrected chi connectivity index (χ1v) is 11.6. The Morgan fingerprint density at radius 2 is 1.20 bits per heavy atom. The van der Waals surface area contributed by atoms with E-state index < -0.39 is 0 Å². The van der Waals surface area contributed by atoms with E-state index in [-0.39, 0.29) is 38.6 Å². The molecule has 0 heterocycles. The van der Waals surface area contributed by atoms with Crippen LogP contribution in [0.25, 0.3) is 0 Å².